The molecule has 0 aliphatic carbocycles. The Balaban J connectivity index is 1.91. The highest BCUT2D eigenvalue weighted by molar-refractivity contribution is 8.02. The highest BCUT2D eigenvalue weighted by atomic mass is 35.6. The Morgan fingerprint density at radius 1 is 1.50 bits per heavy atom. The summed E-state index contributed by atoms with van der Waals surface area (Å²) in [6, 6.07) is -1.61. The molecule has 2 saturated heterocycles. The quantitative estimate of drug-likeness (QED) is 0.296. The number of thioether (sulfide) groups is 1. The average Bonchev–Trinajstić information content (AvgIpc) is 3.11. The van der Waals surface area contributed by atoms with Crippen LogP contribution in [0.1, 0.15) is 22.2 Å². The summed E-state index contributed by atoms with van der Waals surface area (Å²) in [6.07, 6.45) is 0. The Morgan fingerprint density at radius 3 is 2.69 bits per heavy atom. The van der Waals surface area contributed by atoms with Crippen molar-refractivity contribution in [1.29, 1.82) is 0 Å². The van der Waals surface area contributed by atoms with E-state index in [1.807, 2.05) is 13.8 Å². The molecule has 3 heterocycles. The highest BCUT2D eigenvalue weighted by Gasteiger charge is 2.67. The fourth-order valence-corrected chi connectivity index (χ4v) is 6.27. The van der Waals surface area contributed by atoms with Crippen molar-refractivity contribution in [1.82, 2.24) is 15.1 Å². The molecule has 0 aromatic carbocycles. The molecular weight excluding hydrogens is 463 g/mol. The second kappa shape index (κ2) is 7.13. The minimum absolute atomic E-state index is 0.323. The summed E-state index contributed by atoms with van der Waals surface area (Å²) < 4.78 is 2.58. The molecule has 5 atom stereocenters. The number of aromatic nitrogens is 2. The van der Waals surface area contributed by atoms with Gasteiger partial charge in [-0.2, -0.15) is 12.6 Å². The summed E-state index contributed by atoms with van der Waals surface area (Å²) in [7, 11) is 0. The van der Waals surface area contributed by atoms with Crippen LogP contribution in [0.25, 0.3) is 0 Å². The van der Waals surface area contributed by atoms with Crippen molar-refractivity contribution in [2.45, 2.75) is 45.1 Å². The van der Waals surface area contributed by atoms with Gasteiger partial charge in [-0.1, -0.05) is 34.8 Å². The molecule has 7 nitrogen and oxygen atoms in total. The van der Waals surface area contributed by atoms with E-state index in [4.69, 9.17) is 45.3 Å². The first-order valence-electron chi connectivity index (χ1n) is 7.43. The van der Waals surface area contributed by atoms with Gasteiger partial charge in [-0.05, 0) is 13.8 Å². The Kier molecular flexibility index (Phi) is 5.69. The van der Waals surface area contributed by atoms with E-state index in [1.165, 1.54) is 28.0 Å². The molecule has 5 unspecified atom stereocenters. The lowest BCUT2D eigenvalue weighted by molar-refractivity contribution is -0.162. The summed E-state index contributed by atoms with van der Waals surface area (Å²) in [5.41, 5.74) is 5.90. The van der Waals surface area contributed by atoms with Gasteiger partial charge in [0.25, 0.3) is 0 Å². The third-order valence-corrected chi connectivity index (χ3v) is 8.33. The van der Waals surface area contributed by atoms with E-state index < -0.39 is 38.4 Å². The smallest absolute Gasteiger partial charge is 0.330 e. The van der Waals surface area contributed by atoms with Crippen LogP contribution in [0.3, 0.4) is 0 Å². The predicted octanol–water partition coefficient (Wildman–Crippen LogP) is 2.10. The minimum atomic E-state index is -1.75. The number of carbonyl (C=O) groups is 2. The molecule has 0 radical (unpaired) electrons. The Labute approximate surface area is 178 Å². The van der Waals surface area contributed by atoms with Crippen LogP contribution in [0.5, 0.6) is 0 Å². The first-order valence-corrected chi connectivity index (χ1v) is 10.8. The predicted molar refractivity (Wildman–Crippen MR) is 106 cm³/mol. The summed E-state index contributed by atoms with van der Waals surface area (Å²) in [6.45, 7) is 3.22. The SMILES string of the molecule is Cc1nnc(C(S)C2(C)SC3C(N)C(=O)N3C2C(=O)OCC(Cl)(Cl)Cl)s1. The van der Waals surface area contributed by atoms with Crippen LogP contribution < -0.4 is 5.73 Å². The zero-order valence-electron chi connectivity index (χ0n) is 13.6. The molecule has 144 valence electrons. The van der Waals surface area contributed by atoms with Gasteiger partial charge in [0.15, 0.2) is 0 Å². The van der Waals surface area contributed by atoms with Crippen LogP contribution in [0, 0.1) is 6.92 Å². The number of β-lactam (4-membered cyclic amide) rings is 1. The topological polar surface area (TPSA) is 98.4 Å². The van der Waals surface area contributed by atoms with Crippen molar-refractivity contribution in [3.05, 3.63) is 10.0 Å². The summed E-state index contributed by atoms with van der Waals surface area (Å²) in [5, 5.41) is 8.71. The molecule has 2 fully saturated rings. The molecule has 26 heavy (non-hydrogen) atoms. The van der Waals surface area contributed by atoms with Crippen molar-refractivity contribution in [2.24, 2.45) is 5.73 Å². The monoisotopic (exact) mass is 476 g/mol. The van der Waals surface area contributed by atoms with Gasteiger partial charge in [-0.25, -0.2) is 4.79 Å². The number of thiol groups is 1. The molecule has 1 aromatic heterocycles. The van der Waals surface area contributed by atoms with Gasteiger partial charge in [-0.15, -0.1) is 33.3 Å². The van der Waals surface area contributed by atoms with Crippen LogP contribution in [0.2, 0.25) is 0 Å². The van der Waals surface area contributed by atoms with Crippen molar-refractivity contribution < 1.29 is 14.3 Å². The van der Waals surface area contributed by atoms with Crippen molar-refractivity contribution >= 4 is 82.4 Å². The molecule has 0 spiro atoms. The number of alkyl halides is 3. The van der Waals surface area contributed by atoms with Crippen LogP contribution in [-0.4, -0.2) is 59.6 Å². The second-order valence-electron chi connectivity index (χ2n) is 6.15. The van der Waals surface area contributed by atoms with E-state index in [-0.39, 0.29) is 11.3 Å². The van der Waals surface area contributed by atoms with Crippen molar-refractivity contribution in [2.75, 3.05) is 6.61 Å². The normalized spacial score (nSPS) is 32.2. The van der Waals surface area contributed by atoms with E-state index >= 15 is 0 Å². The molecule has 1 amide bonds. The van der Waals surface area contributed by atoms with Gasteiger partial charge in [-0.3, -0.25) is 4.79 Å². The first kappa shape index (κ1) is 20.8. The lowest BCUT2D eigenvalue weighted by Gasteiger charge is -2.42. The lowest BCUT2D eigenvalue weighted by Crippen LogP contribution is -2.69. The Morgan fingerprint density at radius 2 is 2.15 bits per heavy atom. The molecule has 1 aromatic rings. The van der Waals surface area contributed by atoms with Gasteiger partial charge in [0.05, 0.1) is 10.00 Å². The number of rotatable bonds is 4. The number of nitrogens with two attached hydrogens (primary N) is 1. The summed E-state index contributed by atoms with van der Waals surface area (Å²) >= 11 is 24.4. The van der Waals surface area contributed by atoms with E-state index in [9.17, 15) is 9.59 Å². The fourth-order valence-electron chi connectivity index (χ4n) is 2.98. The highest BCUT2D eigenvalue weighted by Crippen LogP contribution is 2.57. The maximum atomic E-state index is 12.8. The van der Waals surface area contributed by atoms with Crippen molar-refractivity contribution in [3.63, 3.8) is 0 Å². The number of esters is 1. The van der Waals surface area contributed by atoms with E-state index in [0.29, 0.717) is 5.01 Å². The molecule has 2 aliphatic heterocycles. The molecule has 13 heteroatoms. The zero-order chi connectivity index (χ0) is 19.4. The number of fused-ring (bicyclic) bond motifs is 1. The number of ether oxygens (including phenoxy) is 1. The van der Waals surface area contributed by atoms with E-state index in [2.05, 4.69) is 22.8 Å². The maximum absolute atomic E-state index is 12.8. The van der Waals surface area contributed by atoms with Crippen molar-refractivity contribution in [3.8, 4) is 0 Å². The third-order valence-electron chi connectivity index (χ3n) is 4.24. The number of hydrogen-bond acceptors (Lipinski definition) is 9. The largest absolute Gasteiger partial charge is 0.460 e. The Bertz CT molecular complexity index is 746. The molecular formula is C13H15Cl3N4O3S3. The Hall–Kier alpha value is 0.0300. The van der Waals surface area contributed by atoms with Gasteiger partial charge in [0.1, 0.15) is 34.1 Å². The number of nitrogens with zero attached hydrogens (tertiary/aromatic N) is 3. The van der Waals surface area contributed by atoms with E-state index in [1.54, 1.807) is 0 Å². The summed E-state index contributed by atoms with van der Waals surface area (Å²) in [4.78, 5) is 26.5. The van der Waals surface area contributed by atoms with Gasteiger partial charge in [0.2, 0.25) is 9.70 Å². The number of hydrogen-bond donors (Lipinski definition) is 2. The van der Waals surface area contributed by atoms with Gasteiger partial charge in [0, 0.05) is 0 Å². The average molecular weight is 478 g/mol. The number of aryl methyl sites for hydroxylation is 1. The molecule has 0 bridgehead atoms. The second-order valence-corrected chi connectivity index (χ2v) is 12.0. The van der Waals surface area contributed by atoms with Crippen LogP contribution >= 0.6 is 70.5 Å². The molecule has 0 saturated carbocycles. The van der Waals surface area contributed by atoms with Crippen LogP contribution in [0.4, 0.5) is 0 Å². The maximum Gasteiger partial charge on any atom is 0.330 e. The first-order chi connectivity index (χ1) is 12.0. The molecule has 2 aliphatic rings. The fraction of sp³-hybridized carbons (Fsp3) is 0.692. The number of halogens is 3. The zero-order valence-corrected chi connectivity index (χ0v) is 18.4. The van der Waals surface area contributed by atoms with E-state index in [0.717, 1.165) is 5.01 Å². The minimum Gasteiger partial charge on any atom is -0.460 e. The standard InChI is InChI=1S/C13H15Cl3N4O3S3/c1-4-18-19-8(25-4)7(24)12(2)6(11(22)23-3-13(14,15)16)20-9(21)5(17)10(20)26-12/h5-7,10,24H,3,17H2,1-2H3. The summed E-state index contributed by atoms with van der Waals surface area (Å²) in [5.74, 6) is -0.995. The number of amides is 1. The number of carbonyl (C=O) groups excluding carboxylic acids is 2. The molecule has 2 N–H and O–H groups in total. The van der Waals surface area contributed by atoms with Crippen LogP contribution in [0.15, 0.2) is 0 Å². The van der Waals surface area contributed by atoms with Gasteiger partial charge >= 0.3 is 5.97 Å². The lowest BCUT2D eigenvalue weighted by atomic mass is 9.92. The van der Waals surface area contributed by atoms with Gasteiger partial charge < -0.3 is 15.4 Å². The molecule has 3 rings (SSSR count). The van der Waals surface area contributed by atoms with Crippen LogP contribution in [-0.2, 0) is 14.3 Å². The third kappa shape index (κ3) is 3.54.